The molecule has 0 aliphatic heterocycles. The minimum atomic E-state index is 0.0869. The minimum Gasteiger partial charge on any atom is -0.392 e. The minimum absolute atomic E-state index is 0.0869. The molecule has 2 rings (SSSR count). The average Bonchev–Trinajstić information content (AvgIpc) is 2.19. The molecule has 0 saturated carbocycles. The summed E-state index contributed by atoms with van der Waals surface area (Å²) in [6.45, 7) is 0.0869. The van der Waals surface area contributed by atoms with Crippen molar-refractivity contribution in [3.63, 3.8) is 0 Å². The lowest BCUT2D eigenvalue weighted by molar-refractivity contribution is 0.282. The Labute approximate surface area is 99.0 Å². The van der Waals surface area contributed by atoms with Crippen molar-refractivity contribution in [3.8, 4) is 0 Å². The van der Waals surface area contributed by atoms with Crippen LogP contribution in [-0.2, 0) is 6.61 Å². The largest absolute Gasteiger partial charge is 0.392 e. The van der Waals surface area contributed by atoms with Crippen LogP contribution >= 0.6 is 31.9 Å². The molecule has 0 heterocycles. The lowest BCUT2D eigenvalue weighted by Gasteiger charge is -2.03. The number of aliphatic hydroxyl groups excluding tert-OH is 1. The zero-order valence-corrected chi connectivity index (χ0v) is 10.5. The molecule has 1 nitrogen and oxygen atoms in total. The Hall–Kier alpha value is -0.380. The monoisotopic (exact) mass is 314 g/mol. The highest BCUT2D eigenvalue weighted by molar-refractivity contribution is 9.13. The van der Waals surface area contributed by atoms with Crippen LogP contribution in [0.4, 0.5) is 0 Å². The van der Waals surface area contributed by atoms with E-state index >= 15 is 0 Å². The zero-order valence-electron chi connectivity index (χ0n) is 7.30. The third kappa shape index (κ3) is 1.85. The molecule has 1 N–H and O–H groups in total. The highest BCUT2D eigenvalue weighted by atomic mass is 79.9. The van der Waals surface area contributed by atoms with Crippen LogP contribution in [0.3, 0.4) is 0 Å². The zero-order chi connectivity index (χ0) is 10.1. The number of halogens is 2. The predicted molar refractivity (Wildman–Crippen MR) is 65.3 cm³/mol. The van der Waals surface area contributed by atoms with E-state index in [0.717, 1.165) is 25.3 Å². The summed E-state index contributed by atoms with van der Waals surface area (Å²) >= 11 is 6.91. The van der Waals surface area contributed by atoms with Crippen molar-refractivity contribution in [1.29, 1.82) is 0 Å². The van der Waals surface area contributed by atoms with Crippen LogP contribution in [0.1, 0.15) is 5.56 Å². The average molecular weight is 316 g/mol. The van der Waals surface area contributed by atoms with Gasteiger partial charge in [-0.3, -0.25) is 0 Å². The summed E-state index contributed by atoms with van der Waals surface area (Å²) in [4.78, 5) is 0. The maximum Gasteiger partial charge on any atom is 0.0682 e. The van der Waals surface area contributed by atoms with Crippen LogP contribution in [0.5, 0.6) is 0 Å². The second kappa shape index (κ2) is 4.01. The molecular formula is C11H8Br2O. The highest BCUT2D eigenvalue weighted by Crippen LogP contribution is 2.29. The molecular weight excluding hydrogens is 308 g/mol. The van der Waals surface area contributed by atoms with Crippen molar-refractivity contribution in [3.05, 3.63) is 44.8 Å². The van der Waals surface area contributed by atoms with Crippen molar-refractivity contribution < 1.29 is 5.11 Å². The van der Waals surface area contributed by atoms with Crippen molar-refractivity contribution in [2.24, 2.45) is 0 Å². The topological polar surface area (TPSA) is 20.2 Å². The molecule has 0 aromatic heterocycles. The summed E-state index contributed by atoms with van der Waals surface area (Å²) in [5.41, 5.74) is 0.937. The predicted octanol–water partition coefficient (Wildman–Crippen LogP) is 3.86. The molecule has 72 valence electrons. The van der Waals surface area contributed by atoms with Gasteiger partial charge in [-0.05, 0) is 66.4 Å². The molecule has 14 heavy (non-hydrogen) atoms. The molecule has 0 aliphatic rings. The molecule has 0 fully saturated rings. The molecule has 0 radical (unpaired) electrons. The van der Waals surface area contributed by atoms with Gasteiger partial charge in [0.25, 0.3) is 0 Å². The maximum absolute atomic E-state index is 9.00. The van der Waals surface area contributed by atoms with Gasteiger partial charge in [-0.25, -0.2) is 0 Å². The van der Waals surface area contributed by atoms with Crippen molar-refractivity contribution in [1.82, 2.24) is 0 Å². The van der Waals surface area contributed by atoms with Crippen LogP contribution in [-0.4, -0.2) is 5.11 Å². The van der Waals surface area contributed by atoms with E-state index in [4.69, 9.17) is 5.11 Å². The SMILES string of the molecule is OCc1ccc2cc(Br)c(Br)cc2c1. The van der Waals surface area contributed by atoms with E-state index in [1.54, 1.807) is 0 Å². The third-order valence-corrected chi connectivity index (χ3v) is 3.97. The highest BCUT2D eigenvalue weighted by Gasteiger charge is 2.00. The Morgan fingerprint density at radius 1 is 0.929 bits per heavy atom. The normalized spacial score (nSPS) is 10.8. The van der Waals surface area contributed by atoms with Crippen LogP contribution in [0.15, 0.2) is 39.3 Å². The van der Waals surface area contributed by atoms with Gasteiger partial charge in [0.1, 0.15) is 0 Å². The number of aliphatic hydroxyl groups is 1. The van der Waals surface area contributed by atoms with Gasteiger partial charge < -0.3 is 5.11 Å². The van der Waals surface area contributed by atoms with Gasteiger partial charge in [0, 0.05) is 8.95 Å². The first-order chi connectivity index (χ1) is 6.70. The summed E-state index contributed by atoms with van der Waals surface area (Å²) < 4.78 is 2.07. The summed E-state index contributed by atoms with van der Waals surface area (Å²) in [5.74, 6) is 0. The molecule has 0 atom stereocenters. The second-order valence-electron chi connectivity index (χ2n) is 3.11. The molecule has 0 unspecified atom stereocenters. The fourth-order valence-corrected chi connectivity index (χ4v) is 2.11. The Kier molecular flexibility index (Phi) is 2.91. The molecule has 0 aliphatic carbocycles. The van der Waals surface area contributed by atoms with Crippen molar-refractivity contribution in [2.75, 3.05) is 0 Å². The quantitative estimate of drug-likeness (QED) is 0.847. The third-order valence-electron chi connectivity index (χ3n) is 2.13. The lowest BCUT2D eigenvalue weighted by atomic mass is 10.1. The van der Waals surface area contributed by atoms with Gasteiger partial charge >= 0.3 is 0 Å². The molecule has 0 bridgehead atoms. The first-order valence-corrected chi connectivity index (χ1v) is 5.78. The smallest absolute Gasteiger partial charge is 0.0682 e. The number of fused-ring (bicyclic) bond motifs is 1. The van der Waals surface area contributed by atoms with Crippen molar-refractivity contribution in [2.45, 2.75) is 6.61 Å². The van der Waals surface area contributed by atoms with E-state index in [1.807, 2.05) is 24.3 Å². The summed E-state index contributed by atoms with van der Waals surface area (Å²) in [5, 5.41) is 11.3. The summed E-state index contributed by atoms with van der Waals surface area (Å²) in [6, 6.07) is 10.0. The maximum atomic E-state index is 9.00. The van der Waals surface area contributed by atoms with Gasteiger partial charge in [0.05, 0.1) is 6.61 Å². The van der Waals surface area contributed by atoms with E-state index in [1.165, 1.54) is 0 Å². The molecule has 3 heteroatoms. The van der Waals surface area contributed by atoms with E-state index in [9.17, 15) is 0 Å². The van der Waals surface area contributed by atoms with Gasteiger partial charge in [0.2, 0.25) is 0 Å². The molecule has 0 saturated heterocycles. The summed E-state index contributed by atoms with van der Waals surface area (Å²) in [7, 11) is 0. The van der Waals surface area contributed by atoms with Crippen LogP contribution in [0.2, 0.25) is 0 Å². The first kappa shape index (κ1) is 10.1. The lowest BCUT2D eigenvalue weighted by Crippen LogP contribution is -1.83. The first-order valence-electron chi connectivity index (χ1n) is 4.19. The number of hydrogen-bond acceptors (Lipinski definition) is 1. The van der Waals surface area contributed by atoms with Gasteiger partial charge in [-0.15, -0.1) is 0 Å². The Morgan fingerprint density at radius 3 is 2.21 bits per heavy atom. The Bertz CT molecular complexity index is 480. The van der Waals surface area contributed by atoms with Crippen molar-refractivity contribution >= 4 is 42.6 Å². The van der Waals surface area contributed by atoms with Crippen LogP contribution < -0.4 is 0 Å². The second-order valence-corrected chi connectivity index (χ2v) is 4.81. The number of rotatable bonds is 1. The molecule has 0 spiro atoms. The van der Waals surface area contributed by atoms with Gasteiger partial charge in [-0.1, -0.05) is 12.1 Å². The standard InChI is InChI=1S/C11H8Br2O/c12-10-4-8-2-1-7(6-14)3-9(8)5-11(10)13/h1-5,14H,6H2. The Balaban J connectivity index is 2.70. The fraction of sp³-hybridized carbons (Fsp3) is 0.0909. The van der Waals surface area contributed by atoms with Gasteiger partial charge in [0.15, 0.2) is 0 Å². The molecule has 0 amide bonds. The van der Waals surface area contributed by atoms with E-state index in [2.05, 4.69) is 37.9 Å². The van der Waals surface area contributed by atoms with E-state index in [-0.39, 0.29) is 6.61 Å². The molecule has 2 aromatic carbocycles. The van der Waals surface area contributed by atoms with Gasteiger partial charge in [-0.2, -0.15) is 0 Å². The van der Waals surface area contributed by atoms with Crippen LogP contribution in [0.25, 0.3) is 10.8 Å². The molecule has 2 aromatic rings. The van der Waals surface area contributed by atoms with Crippen LogP contribution in [0, 0.1) is 0 Å². The van der Waals surface area contributed by atoms with E-state index < -0.39 is 0 Å². The van der Waals surface area contributed by atoms with E-state index in [0.29, 0.717) is 0 Å². The Morgan fingerprint density at radius 2 is 1.57 bits per heavy atom. The fourth-order valence-electron chi connectivity index (χ4n) is 1.39. The number of hydrogen-bond donors (Lipinski definition) is 1. The number of benzene rings is 2. The summed E-state index contributed by atoms with van der Waals surface area (Å²) in [6.07, 6.45) is 0.